The first-order valence-corrected chi connectivity index (χ1v) is 12.1. The number of sulfonamides is 1. The number of hydrogen-bond acceptors (Lipinski definition) is 8. The highest BCUT2D eigenvalue weighted by Gasteiger charge is 2.18. The minimum absolute atomic E-state index is 0.169. The number of rotatable bonds is 10. The number of amides is 1. The van der Waals surface area contributed by atoms with Crippen molar-refractivity contribution in [2.24, 2.45) is 0 Å². The molecule has 11 heteroatoms. The minimum atomic E-state index is -3.48. The summed E-state index contributed by atoms with van der Waals surface area (Å²) in [5, 5.41) is 11.5. The van der Waals surface area contributed by atoms with Gasteiger partial charge in [0.2, 0.25) is 21.1 Å². The molecule has 1 N–H and O–H groups in total. The molecule has 2 aromatic rings. The van der Waals surface area contributed by atoms with Gasteiger partial charge in [0, 0.05) is 24.3 Å². The van der Waals surface area contributed by atoms with Crippen molar-refractivity contribution in [3.05, 3.63) is 24.3 Å². The van der Waals surface area contributed by atoms with E-state index in [1.54, 1.807) is 36.0 Å². The van der Waals surface area contributed by atoms with Crippen LogP contribution in [0.25, 0.3) is 0 Å². The van der Waals surface area contributed by atoms with Gasteiger partial charge in [-0.1, -0.05) is 43.0 Å². The van der Waals surface area contributed by atoms with Gasteiger partial charge in [-0.2, -0.15) is 0 Å². The van der Waals surface area contributed by atoms with Crippen molar-refractivity contribution in [2.75, 3.05) is 29.5 Å². The number of hydrogen-bond donors (Lipinski definition) is 1. The summed E-state index contributed by atoms with van der Waals surface area (Å²) in [6.07, 6.45) is 1.67. The molecule has 8 nitrogen and oxygen atoms in total. The molecule has 1 amide bonds. The summed E-state index contributed by atoms with van der Waals surface area (Å²) in [5.74, 6) is 0.339. The predicted octanol–water partition coefficient (Wildman–Crippen LogP) is 3.23. The maximum atomic E-state index is 12.2. The van der Waals surface area contributed by atoms with Crippen LogP contribution in [0.5, 0.6) is 5.75 Å². The molecule has 0 aliphatic rings. The number of thioether (sulfide) groups is 1. The first-order chi connectivity index (χ1) is 13.2. The molecule has 0 unspecified atom stereocenters. The third kappa shape index (κ3) is 6.95. The zero-order chi connectivity index (χ0) is 20.7. The molecule has 0 saturated carbocycles. The summed E-state index contributed by atoms with van der Waals surface area (Å²) in [4.78, 5) is 12.1. The molecule has 0 atom stereocenters. The molecule has 1 aromatic heterocycles. The van der Waals surface area contributed by atoms with Crippen molar-refractivity contribution in [3.63, 3.8) is 0 Å². The predicted molar refractivity (Wildman–Crippen MR) is 114 cm³/mol. The molecule has 1 heterocycles. The van der Waals surface area contributed by atoms with Gasteiger partial charge in [-0.3, -0.25) is 9.10 Å². The lowest BCUT2D eigenvalue weighted by Gasteiger charge is -2.22. The highest BCUT2D eigenvalue weighted by atomic mass is 32.2. The third-order valence-electron chi connectivity index (χ3n) is 3.50. The maximum Gasteiger partial charge on any atom is 0.232 e. The van der Waals surface area contributed by atoms with E-state index < -0.39 is 10.0 Å². The molecule has 28 heavy (non-hydrogen) atoms. The second-order valence-corrected chi connectivity index (χ2v) is 10.9. The van der Waals surface area contributed by atoms with Crippen molar-refractivity contribution in [2.45, 2.75) is 36.3 Å². The van der Waals surface area contributed by atoms with Gasteiger partial charge in [0.15, 0.2) is 4.34 Å². The van der Waals surface area contributed by atoms with Crippen LogP contribution in [0.2, 0.25) is 0 Å². The van der Waals surface area contributed by atoms with E-state index >= 15 is 0 Å². The first kappa shape index (κ1) is 22.4. The molecule has 0 radical (unpaired) electrons. The molecular formula is C17H24N4O4S3. The van der Waals surface area contributed by atoms with Gasteiger partial charge in [0.1, 0.15) is 5.75 Å². The summed E-state index contributed by atoms with van der Waals surface area (Å²) < 4.78 is 31.5. The number of nitrogens with one attached hydrogen (secondary N) is 1. The fourth-order valence-corrected chi connectivity index (χ4v) is 5.28. The Morgan fingerprint density at radius 1 is 1.36 bits per heavy atom. The Morgan fingerprint density at radius 2 is 2.11 bits per heavy atom. The Morgan fingerprint density at radius 3 is 2.75 bits per heavy atom. The Kier molecular flexibility index (Phi) is 8.08. The topological polar surface area (TPSA) is 101 Å². The normalized spacial score (nSPS) is 11.5. The molecule has 154 valence electrons. The first-order valence-electron chi connectivity index (χ1n) is 8.61. The van der Waals surface area contributed by atoms with Gasteiger partial charge < -0.3 is 10.1 Å². The maximum absolute atomic E-state index is 12.2. The molecule has 2 rings (SSSR count). The highest BCUT2D eigenvalue weighted by Crippen LogP contribution is 2.28. The standard InChI is InChI=1S/C17H24N4O4S3/c1-12(2)26-17-20-19-16(27-17)18-15(22)9-6-10-21(28(4,23)24)13-7-5-8-14(11-13)25-3/h5,7-8,11-12H,6,9-10H2,1-4H3,(H,18,19,22). The number of carbonyl (C=O) groups excluding carboxylic acids is 1. The van der Waals surface area contributed by atoms with Gasteiger partial charge in [0.05, 0.1) is 19.1 Å². The summed E-state index contributed by atoms with van der Waals surface area (Å²) in [7, 11) is -1.96. The molecule has 0 fully saturated rings. The number of benzene rings is 1. The second-order valence-electron chi connectivity index (χ2n) is 6.23. The van der Waals surface area contributed by atoms with E-state index in [0.717, 1.165) is 10.6 Å². The SMILES string of the molecule is COc1cccc(N(CCCC(=O)Nc2nnc(SC(C)C)s2)S(C)(=O)=O)c1. The lowest BCUT2D eigenvalue weighted by Crippen LogP contribution is -2.31. The van der Waals surface area contributed by atoms with Crippen LogP contribution in [0.3, 0.4) is 0 Å². The number of ether oxygens (including phenoxy) is 1. The van der Waals surface area contributed by atoms with Gasteiger partial charge in [-0.15, -0.1) is 10.2 Å². The number of carbonyl (C=O) groups is 1. The van der Waals surface area contributed by atoms with Crippen molar-refractivity contribution in [1.29, 1.82) is 0 Å². The average Bonchev–Trinajstić information content (AvgIpc) is 3.03. The van der Waals surface area contributed by atoms with Gasteiger partial charge in [-0.25, -0.2) is 8.42 Å². The van der Waals surface area contributed by atoms with Crippen LogP contribution in [0.15, 0.2) is 28.6 Å². The lowest BCUT2D eigenvalue weighted by atomic mass is 10.2. The minimum Gasteiger partial charge on any atom is -0.497 e. The number of anilines is 2. The van der Waals surface area contributed by atoms with Gasteiger partial charge in [-0.05, 0) is 18.6 Å². The van der Waals surface area contributed by atoms with Crippen molar-refractivity contribution < 1.29 is 17.9 Å². The fraction of sp³-hybridized carbons (Fsp3) is 0.471. The van der Waals surface area contributed by atoms with Gasteiger partial charge >= 0.3 is 0 Å². The van der Waals surface area contributed by atoms with Crippen molar-refractivity contribution in [1.82, 2.24) is 10.2 Å². The van der Waals surface area contributed by atoms with E-state index in [9.17, 15) is 13.2 Å². The molecule has 0 saturated heterocycles. The molecule has 0 aliphatic carbocycles. The smallest absolute Gasteiger partial charge is 0.232 e. The zero-order valence-electron chi connectivity index (χ0n) is 16.2. The van der Waals surface area contributed by atoms with Crippen LogP contribution in [-0.4, -0.2) is 49.7 Å². The average molecular weight is 445 g/mol. The number of nitrogens with zero attached hydrogens (tertiary/aromatic N) is 3. The third-order valence-corrected chi connectivity index (χ3v) is 6.62. The molecule has 0 spiro atoms. The Hall–Kier alpha value is -1.85. The van der Waals surface area contributed by atoms with Crippen LogP contribution in [-0.2, 0) is 14.8 Å². The monoisotopic (exact) mass is 444 g/mol. The van der Waals surface area contributed by atoms with Crippen LogP contribution in [0.1, 0.15) is 26.7 Å². The molecule has 0 bridgehead atoms. The van der Waals surface area contributed by atoms with Crippen molar-refractivity contribution >= 4 is 49.8 Å². The van der Waals surface area contributed by atoms with Crippen molar-refractivity contribution in [3.8, 4) is 5.75 Å². The summed E-state index contributed by atoms with van der Waals surface area (Å²) in [6, 6.07) is 6.81. The van der Waals surface area contributed by atoms with Crippen LogP contribution in [0.4, 0.5) is 10.8 Å². The Bertz CT molecular complexity index is 899. The van der Waals surface area contributed by atoms with Crippen LogP contribution in [0, 0.1) is 0 Å². The summed E-state index contributed by atoms with van der Waals surface area (Å²) in [6.45, 7) is 4.30. The van der Waals surface area contributed by atoms with E-state index in [1.165, 1.54) is 22.8 Å². The second kappa shape index (κ2) is 10.1. The van der Waals surface area contributed by atoms with Crippen LogP contribution >= 0.6 is 23.1 Å². The molecule has 1 aromatic carbocycles. The fourth-order valence-electron chi connectivity index (χ4n) is 2.33. The van der Waals surface area contributed by atoms with Crippen LogP contribution < -0.4 is 14.4 Å². The molecule has 0 aliphatic heterocycles. The largest absolute Gasteiger partial charge is 0.497 e. The number of aromatic nitrogens is 2. The number of methoxy groups -OCH3 is 1. The Balaban J connectivity index is 1.93. The Labute approximate surface area is 173 Å². The summed E-state index contributed by atoms with van der Waals surface area (Å²) >= 11 is 2.90. The zero-order valence-corrected chi connectivity index (χ0v) is 18.7. The summed E-state index contributed by atoms with van der Waals surface area (Å²) in [5.41, 5.74) is 0.502. The van der Waals surface area contributed by atoms with E-state index in [-0.39, 0.29) is 18.9 Å². The van der Waals surface area contributed by atoms with Gasteiger partial charge in [0.25, 0.3) is 0 Å². The van der Waals surface area contributed by atoms with E-state index in [1.807, 2.05) is 0 Å². The molecular weight excluding hydrogens is 420 g/mol. The van der Waals surface area contributed by atoms with E-state index in [4.69, 9.17) is 4.74 Å². The lowest BCUT2D eigenvalue weighted by molar-refractivity contribution is -0.116. The van der Waals surface area contributed by atoms with E-state index in [2.05, 4.69) is 29.4 Å². The van der Waals surface area contributed by atoms with E-state index in [0.29, 0.717) is 28.2 Å². The quantitative estimate of drug-likeness (QED) is 0.443. The highest BCUT2D eigenvalue weighted by molar-refractivity contribution is 8.01.